The molecule has 0 unspecified atom stereocenters. The number of hydrogen-bond donors (Lipinski definition) is 3. The van der Waals surface area contributed by atoms with Crippen LogP contribution in [0, 0.1) is 0 Å². The molecule has 6 nitrogen and oxygen atoms in total. The Morgan fingerprint density at radius 1 is 1.35 bits per heavy atom. The van der Waals surface area contributed by atoms with Crippen LogP contribution in [-0.4, -0.2) is 20.4 Å². The molecule has 0 aromatic heterocycles. The van der Waals surface area contributed by atoms with E-state index in [4.69, 9.17) is 10.9 Å². The van der Waals surface area contributed by atoms with Gasteiger partial charge in [0.05, 0.1) is 10.9 Å². The van der Waals surface area contributed by atoms with Gasteiger partial charge in [-0.3, -0.25) is 4.79 Å². The zero-order chi connectivity index (χ0) is 13.1. The van der Waals surface area contributed by atoms with Crippen molar-refractivity contribution in [3.63, 3.8) is 0 Å². The van der Waals surface area contributed by atoms with E-state index in [2.05, 4.69) is 5.32 Å². The minimum Gasteiger partial charge on any atom is -0.325 e. The molecule has 0 aliphatic rings. The molecule has 1 amide bonds. The lowest BCUT2D eigenvalue weighted by atomic mass is 10.2. The molecule has 0 spiro atoms. The maximum Gasteiger partial charge on any atom is 0.241 e. The SMILES string of the molecule is CC[C@H](N)C(=O)Nc1ccc(S(N)(=O)=O)cc1. The standard InChI is InChI=1S/C10H15N3O3S/c1-2-9(11)10(14)13-7-3-5-8(6-4-7)17(12,15)16/h3-6,9H,2,11H2,1H3,(H,13,14)(H2,12,15,16)/t9-/m0/s1. The molecule has 94 valence electrons. The molecule has 0 radical (unpaired) electrons. The molecule has 0 saturated heterocycles. The lowest BCUT2D eigenvalue weighted by Crippen LogP contribution is -2.34. The van der Waals surface area contributed by atoms with Crippen molar-refractivity contribution in [1.82, 2.24) is 0 Å². The molecule has 1 aromatic rings. The number of rotatable bonds is 4. The van der Waals surface area contributed by atoms with Gasteiger partial charge in [-0.15, -0.1) is 0 Å². The Labute approximate surface area is 100 Å². The second kappa shape index (κ2) is 5.26. The summed E-state index contributed by atoms with van der Waals surface area (Å²) >= 11 is 0. The van der Waals surface area contributed by atoms with E-state index in [0.717, 1.165) is 0 Å². The van der Waals surface area contributed by atoms with Crippen molar-refractivity contribution in [2.24, 2.45) is 10.9 Å². The highest BCUT2D eigenvalue weighted by Gasteiger charge is 2.12. The molecular weight excluding hydrogens is 242 g/mol. The zero-order valence-electron chi connectivity index (χ0n) is 9.38. The van der Waals surface area contributed by atoms with Crippen LogP contribution in [0.15, 0.2) is 29.2 Å². The van der Waals surface area contributed by atoms with Crippen molar-refractivity contribution in [2.45, 2.75) is 24.3 Å². The second-order valence-corrected chi connectivity index (χ2v) is 5.13. The van der Waals surface area contributed by atoms with Crippen LogP contribution in [0.3, 0.4) is 0 Å². The Hall–Kier alpha value is -1.44. The maximum atomic E-state index is 11.4. The van der Waals surface area contributed by atoms with Gasteiger partial charge in [-0.05, 0) is 30.7 Å². The highest BCUT2D eigenvalue weighted by molar-refractivity contribution is 7.89. The van der Waals surface area contributed by atoms with Gasteiger partial charge in [0, 0.05) is 5.69 Å². The molecule has 1 atom stereocenters. The third-order valence-electron chi connectivity index (χ3n) is 2.23. The minimum atomic E-state index is -3.71. The summed E-state index contributed by atoms with van der Waals surface area (Å²) in [6, 6.07) is 4.98. The molecule has 0 aliphatic carbocycles. The van der Waals surface area contributed by atoms with Gasteiger partial charge in [0.15, 0.2) is 0 Å². The van der Waals surface area contributed by atoms with E-state index >= 15 is 0 Å². The molecular formula is C10H15N3O3S. The number of anilines is 1. The molecule has 5 N–H and O–H groups in total. The van der Waals surface area contributed by atoms with Crippen LogP contribution in [-0.2, 0) is 14.8 Å². The predicted octanol–water partition coefficient (Wildman–Crippen LogP) is 0.00980. The maximum absolute atomic E-state index is 11.4. The number of amides is 1. The summed E-state index contributed by atoms with van der Waals surface area (Å²) in [4.78, 5) is 11.4. The van der Waals surface area contributed by atoms with E-state index in [9.17, 15) is 13.2 Å². The highest BCUT2D eigenvalue weighted by Crippen LogP contribution is 2.12. The summed E-state index contributed by atoms with van der Waals surface area (Å²) in [5.41, 5.74) is 6.01. The first-order valence-corrected chi connectivity index (χ1v) is 6.58. The molecule has 0 saturated carbocycles. The summed E-state index contributed by atoms with van der Waals surface area (Å²) < 4.78 is 22.0. The zero-order valence-corrected chi connectivity index (χ0v) is 10.2. The van der Waals surface area contributed by atoms with Gasteiger partial charge < -0.3 is 11.1 Å². The van der Waals surface area contributed by atoms with Gasteiger partial charge in [0.1, 0.15) is 0 Å². The van der Waals surface area contributed by atoms with E-state index in [1.54, 1.807) is 6.92 Å². The molecule has 0 bridgehead atoms. The molecule has 0 heterocycles. The molecule has 0 aliphatic heterocycles. The van der Waals surface area contributed by atoms with Crippen LogP contribution in [0.25, 0.3) is 0 Å². The van der Waals surface area contributed by atoms with E-state index in [1.165, 1.54) is 24.3 Å². The van der Waals surface area contributed by atoms with Crippen molar-refractivity contribution >= 4 is 21.6 Å². The highest BCUT2D eigenvalue weighted by atomic mass is 32.2. The average molecular weight is 257 g/mol. The summed E-state index contributed by atoms with van der Waals surface area (Å²) in [7, 11) is -3.71. The largest absolute Gasteiger partial charge is 0.325 e. The van der Waals surface area contributed by atoms with Gasteiger partial charge in [-0.2, -0.15) is 0 Å². The quantitative estimate of drug-likeness (QED) is 0.704. The van der Waals surface area contributed by atoms with Crippen LogP contribution >= 0.6 is 0 Å². The first kappa shape index (κ1) is 13.6. The van der Waals surface area contributed by atoms with Gasteiger partial charge in [-0.1, -0.05) is 6.92 Å². The Morgan fingerprint density at radius 2 is 1.88 bits per heavy atom. The number of nitrogens with one attached hydrogen (secondary N) is 1. The summed E-state index contributed by atoms with van der Waals surface area (Å²) in [6.45, 7) is 1.80. The third-order valence-corrected chi connectivity index (χ3v) is 3.16. The van der Waals surface area contributed by atoms with Crippen molar-refractivity contribution in [2.75, 3.05) is 5.32 Å². The number of carbonyl (C=O) groups is 1. The van der Waals surface area contributed by atoms with E-state index < -0.39 is 16.1 Å². The van der Waals surface area contributed by atoms with Gasteiger partial charge in [0.2, 0.25) is 15.9 Å². The van der Waals surface area contributed by atoms with Gasteiger partial charge in [0.25, 0.3) is 0 Å². The van der Waals surface area contributed by atoms with Crippen LogP contribution < -0.4 is 16.2 Å². The summed E-state index contributed by atoms with van der Waals surface area (Å²) in [5, 5.41) is 7.51. The fraction of sp³-hybridized carbons (Fsp3) is 0.300. The van der Waals surface area contributed by atoms with Crippen molar-refractivity contribution in [3.8, 4) is 0 Å². The molecule has 1 aromatic carbocycles. The smallest absolute Gasteiger partial charge is 0.241 e. The topological polar surface area (TPSA) is 115 Å². The average Bonchev–Trinajstić information content (AvgIpc) is 2.27. The van der Waals surface area contributed by atoms with E-state index in [1.807, 2.05) is 0 Å². The molecule has 7 heteroatoms. The van der Waals surface area contributed by atoms with Crippen molar-refractivity contribution in [1.29, 1.82) is 0 Å². The Morgan fingerprint density at radius 3 is 2.29 bits per heavy atom. The Kier molecular flexibility index (Phi) is 4.22. The van der Waals surface area contributed by atoms with Crippen LogP contribution in [0.5, 0.6) is 0 Å². The van der Waals surface area contributed by atoms with E-state index in [0.29, 0.717) is 12.1 Å². The number of primary sulfonamides is 1. The van der Waals surface area contributed by atoms with Crippen LogP contribution in [0.4, 0.5) is 5.69 Å². The summed E-state index contributed by atoms with van der Waals surface area (Å²) in [6.07, 6.45) is 0.529. The molecule has 17 heavy (non-hydrogen) atoms. The van der Waals surface area contributed by atoms with E-state index in [-0.39, 0.29) is 10.8 Å². The second-order valence-electron chi connectivity index (χ2n) is 3.57. The third kappa shape index (κ3) is 3.81. The first-order chi connectivity index (χ1) is 7.84. The molecule has 0 fully saturated rings. The van der Waals surface area contributed by atoms with Gasteiger partial charge >= 0.3 is 0 Å². The predicted molar refractivity (Wildman–Crippen MR) is 64.7 cm³/mol. The minimum absolute atomic E-state index is 0.00436. The van der Waals surface area contributed by atoms with Crippen molar-refractivity contribution < 1.29 is 13.2 Å². The number of carbonyl (C=O) groups excluding carboxylic acids is 1. The Balaban J connectivity index is 2.79. The fourth-order valence-electron chi connectivity index (χ4n) is 1.15. The number of nitrogens with two attached hydrogens (primary N) is 2. The van der Waals surface area contributed by atoms with Crippen molar-refractivity contribution in [3.05, 3.63) is 24.3 Å². The van der Waals surface area contributed by atoms with Crippen LogP contribution in [0.2, 0.25) is 0 Å². The monoisotopic (exact) mass is 257 g/mol. The Bertz CT molecular complexity index is 496. The number of sulfonamides is 1. The van der Waals surface area contributed by atoms with Gasteiger partial charge in [-0.25, -0.2) is 13.6 Å². The number of benzene rings is 1. The lowest BCUT2D eigenvalue weighted by Gasteiger charge is -2.10. The number of hydrogen-bond acceptors (Lipinski definition) is 4. The first-order valence-electron chi connectivity index (χ1n) is 5.04. The fourth-order valence-corrected chi connectivity index (χ4v) is 1.66. The van der Waals surface area contributed by atoms with Crippen LogP contribution in [0.1, 0.15) is 13.3 Å². The lowest BCUT2D eigenvalue weighted by molar-refractivity contribution is -0.117. The normalized spacial score (nSPS) is 13.1. The molecule has 1 rings (SSSR count). The summed E-state index contributed by atoms with van der Waals surface area (Å²) in [5.74, 6) is -0.309.